The average Bonchev–Trinajstić information content (AvgIpc) is 3.23. The van der Waals surface area contributed by atoms with E-state index in [2.05, 4.69) is 33.1 Å². The van der Waals surface area contributed by atoms with Gasteiger partial charge < -0.3 is 4.74 Å². The lowest BCUT2D eigenvalue weighted by atomic mass is 10.2. The van der Waals surface area contributed by atoms with Crippen LogP contribution in [0.2, 0.25) is 0 Å². The van der Waals surface area contributed by atoms with Crippen molar-refractivity contribution < 1.29 is 18.8 Å². The zero-order valence-corrected chi connectivity index (χ0v) is 19.8. The van der Waals surface area contributed by atoms with Crippen LogP contribution in [0.5, 0.6) is 5.75 Å². The molecule has 0 fully saturated rings. The Labute approximate surface area is 205 Å². The van der Waals surface area contributed by atoms with Gasteiger partial charge in [-0.15, -0.1) is 11.3 Å². The first kappa shape index (κ1) is 22.8. The van der Waals surface area contributed by atoms with Crippen LogP contribution in [0.15, 0.2) is 71.8 Å². The van der Waals surface area contributed by atoms with Crippen LogP contribution >= 0.6 is 33.9 Å². The van der Waals surface area contributed by atoms with E-state index in [0.29, 0.717) is 21.6 Å². The number of halogens is 2. The van der Waals surface area contributed by atoms with E-state index in [1.165, 1.54) is 35.8 Å². The Balaban J connectivity index is 1.38. The van der Waals surface area contributed by atoms with Gasteiger partial charge >= 0.3 is 0 Å². The largest absolute Gasteiger partial charge is 0.488 e. The van der Waals surface area contributed by atoms with Crippen LogP contribution in [-0.4, -0.2) is 17.0 Å². The van der Waals surface area contributed by atoms with Crippen molar-refractivity contribution in [1.82, 2.24) is 5.43 Å². The van der Waals surface area contributed by atoms with Gasteiger partial charge in [0.15, 0.2) is 0 Å². The zero-order valence-electron chi connectivity index (χ0n) is 16.8. The fourth-order valence-corrected chi connectivity index (χ4v) is 4.59. The summed E-state index contributed by atoms with van der Waals surface area (Å²) in [5.74, 6) is -0.113. The average molecular weight is 575 g/mol. The first-order chi connectivity index (χ1) is 15.9. The Kier molecular flexibility index (Phi) is 6.94. The van der Waals surface area contributed by atoms with E-state index >= 15 is 0 Å². The smallest absolute Gasteiger partial charge is 0.281 e. The van der Waals surface area contributed by atoms with Crippen molar-refractivity contribution in [3.05, 3.63) is 102 Å². The van der Waals surface area contributed by atoms with Crippen molar-refractivity contribution >= 4 is 61.8 Å². The third-order valence-corrected chi connectivity index (χ3v) is 6.57. The van der Waals surface area contributed by atoms with Gasteiger partial charge in [0.1, 0.15) is 18.2 Å². The maximum atomic E-state index is 13.7. The minimum Gasteiger partial charge on any atom is -0.488 e. The molecule has 0 spiro atoms. The molecule has 1 aromatic heterocycles. The Hall–Kier alpha value is -3.38. The summed E-state index contributed by atoms with van der Waals surface area (Å²) < 4.78 is 21.0. The number of nitrogens with zero attached hydrogens (tertiary/aromatic N) is 2. The summed E-state index contributed by atoms with van der Waals surface area (Å²) in [4.78, 5) is 23.2. The van der Waals surface area contributed by atoms with Crippen molar-refractivity contribution in [2.45, 2.75) is 6.61 Å². The van der Waals surface area contributed by atoms with Crippen LogP contribution in [0.1, 0.15) is 20.8 Å². The molecule has 33 heavy (non-hydrogen) atoms. The summed E-state index contributed by atoms with van der Waals surface area (Å²) in [6.07, 6.45) is 1.50. The highest BCUT2D eigenvalue weighted by Gasteiger charge is 2.13. The molecule has 166 valence electrons. The number of hydrogen-bond donors (Lipinski definition) is 1. The van der Waals surface area contributed by atoms with Crippen LogP contribution in [0.4, 0.5) is 10.1 Å². The third kappa shape index (κ3) is 5.52. The summed E-state index contributed by atoms with van der Waals surface area (Å²) in [6.45, 7) is 0.116. The van der Waals surface area contributed by atoms with Gasteiger partial charge in [0.2, 0.25) is 0 Å². The van der Waals surface area contributed by atoms with E-state index in [4.69, 9.17) is 4.74 Å². The molecule has 0 bridgehead atoms. The lowest BCUT2D eigenvalue weighted by molar-refractivity contribution is -0.384. The van der Waals surface area contributed by atoms with Crippen LogP contribution in [0, 0.1) is 19.5 Å². The van der Waals surface area contributed by atoms with Gasteiger partial charge in [0.25, 0.3) is 11.6 Å². The van der Waals surface area contributed by atoms with E-state index in [9.17, 15) is 19.3 Å². The Morgan fingerprint density at radius 1 is 1.18 bits per heavy atom. The minimum absolute atomic E-state index is 0.0267. The number of benzene rings is 3. The van der Waals surface area contributed by atoms with Gasteiger partial charge in [-0.2, -0.15) is 5.10 Å². The highest BCUT2D eigenvalue weighted by atomic mass is 127. The number of rotatable bonds is 7. The molecule has 0 unspecified atom stereocenters. The number of carbonyl (C=O) groups excluding carboxylic acids is 1. The lowest BCUT2D eigenvalue weighted by Crippen LogP contribution is -2.16. The summed E-state index contributed by atoms with van der Waals surface area (Å²) in [5.41, 5.74) is 3.65. The second kappa shape index (κ2) is 10.0. The van der Waals surface area contributed by atoms with Crippen molar-refractivity contribution in [2.24, 2.45) is 5.10 Å². The van der Waals surface area contributed by atoms with Gasteiger partial charge in [-0.25, -0.2) is 9.82 Å². The number of amides is 1. The lowest BCUT2D eigenvalue weighted by Gasteiger charge is -2.09. The number of nitro groups is 1. The van der Waals surface area contributed by atoms with Gasteiger partial charge in [-0.05, 0) is 64.6 Å². The SMILES string of the molecule is O=C(N/N=C\c1ccc(OCc2ccccc2F)c(I)c1)c1cc2cc([N+](=O)[O-])ccc2s1. The number of thiophene rings is 1. The molecule has 0 saturated heterocycles. The molecule has 1 heterocycles. The highest BCUT2D eigenvalue weighted by Crippen LogP contribution is 2.29. The molecule has 0 saturated carbocycles. The number of hydrazone groups is 1. The predicted octanol–water partition coefficient (Wildman–Crippen LogP) is 5.90. The standard InChI is InChI=1S/C23H15FIN3O4S/c24-18-4-2-1-3-15(18)13-32-20-7-5-14(9-19(20)25)12-26-27-23(29)22-11-16-10-17(28(30)31)6-8-21(16)33-22/h1-12H,13H2,(H,27,29)/b26-12-. The van der Waals surface area contributed by atoms with E-state index in [-0.39, 0.29) is 18.1 Å². The molecule has 4 aromatic rings. The van der Waals surface area contributed by atoms with E-state index in [1.54, 1.807) is 42.5 Å². The van der Waals surface area contributed by atoms with Crippen molar-refractivity contribution in [3.8, 4) is 5.75 Å². The third-order valence-electron chi connectivity index (χ3n) is 4.61. The molecule has 4 rings (SSSR count). The molecular weight excluding hydrogens is 560 g/mol. The first-order valence-corrected chi connectivity index (χ1v) is 11.5. The number of nitrogens with one attached hydrogen (secondary N) is 1. The van der Waals surface area contributed by atoms with Gasteiger partial charge in [-0.1, -0.05) is 18.2 Å². The monoisotopic (exact) mass is 575 g/mol. The van der Waals surface area contributed by atoms with E-state index in [0.717, 1.165) is 13.8 Å². The number of fused-ring (bicyclic) bond motifs is 1. The Bertz CT molecular complexity index is 1390. The van der Waals surface area contributed by atoms with Crippen LogP contribution < -0.4 is 10.2 Å². The highest BCUT2D eigenvalue weighted by molar-refractivity contribution is 14.1. The molecule has 1 amide bonds. The van der Waals surface area contributed by atoms with Crippen LogP contribution in [0.3, 0.4) is 0 Å². The maximum Gasteiger partial charge on any atom is 0.281 e. The Morgan fingerprint density at radius 2 is 2.00 bits per heavy atom. The molecule has 10 heteroatoms. The summed E-state index contributed by atoms with van der Waals surface area (Å²) in [5, 5.41) is 15.5. The van der Waals surface area contributed by atoms with E-state index in [1.807, 2.05) is 6.07 Å². The molecule has 0 atom stereocenters. The molecule has 0 radical (unpaired) electrons. The topological polar surface area (TPSA) is 93.8 Å². The fourth-order valence-electron chi connectivity index (χ4n) is 2.96. The van der Waals surface area contributed by atoms with Gasteiger partial charge in [0.05, 0.1) is 19.6 Å². The zero-order chi connectivity index (χ0) is 23.4. The number of carbonyl (C=O) groups is 1. The normalized spacial score (nSPS) is 11.1. The molecule has 0 aliphatic rings. The van der Waals surface area contributed by atoms with Crippen molar-refractivity contribution in [1.29, 1.82) is 0 Å². The summed E-state index contributed by atoms with van der Waals surface area (Å²) in [7, 11) is 0. The number of hydrogen-bond acceptors (Lipinski definition) is 6. The maximum absolute atomic E-state index is 13.7. The second-order valence-corrected chi connectivity index (χ2v) is 9.10. The number of ether oxygens (including phenoxy) is 1. The molecular formula is C23H15FIN3O4S. The van der Waals surface area contributed by atoms with Gasteiger partial charge in [0, 0.05) is 27.8 Å². The summed E-state index contributed by atoms with van der Waals surface area (Å²) >= 11 is 3.34. The van der Waals surface area contributed by atoms with Crippen molar-refractivity contribution in [2.75, 3.05) is 0 Å². The molecule has 0 aliphatic heterocycles. The molecule has 1 N–H and O–H groups in total. The molecule has 0 aliphatic carbocycles. The first-order valence-electron chi connectivity index (χ1n) is 9.58. The quantitative estimate of drug-likeness (QED) is 0.129. The molecule has 3 aromatic carbocycles. The molecule has 7 nitrogen and oxygen atoms in total. The minimum atomic E-state index is -0.473. The fraction of sp³-hybridized carbons (Fsp3) is 0.0435. The van der Waals surface area contributed by atoms with Crippen molar-refractivity contribution in [3.63, 3.8) is 0 Å². The van der Waals surface area contributed by atoms with E-state index < -0.39 is 10.8 Å². The van der Waals surface area contributed by atoms with Crippen LogP contribution in [0.25, 0.3) is 10.1 Å². The number of non-ortho nitro benzene ring substituents is 1. The summed E-state index contributed by atoms with van der Waals surface area (Å²) in [6, 6.07) is 17.9. The Morgan fingerprint density at radius 3 is 2.76 bits per heavy atom. The predicted molar refractivity (Wildman–Crippen MR) is 133 cm³/mol. The van der Waals surface area contributed by atoms with Gasteiger partial charge in [-0.3, -0.25) is 14.9 Å². The second-order valence-electron chi connectivity index (χ2n) is 6.86. The van der Waals surface area contributed by atoms with Crippen LogP contribution in [-0.2, 0) is 6.61 Å². The number of nitro benzene ring substituents is 1.